The third-order valence-corrected chi connectivity index (χ3v) is 4.76. The largest absolute Gasteiger partial charge is 0.512 e. The van der Waals surface area contributed by atoms with Crippen molar-refractivity contribution in [2.45, 2.75) is 25.3 Å². The standard InChI is InChI=1S/C21H22N4O7/c22-21(23)24-7-1-2-13(20(30)31)25-19-16(10-3-5-11(26)6-4-10)18(29)17-14(28)8-12(27)9-15(17)32-19/h3-6,9,13,25-27H,1-2,7-8H2,(H,30,31)(H4,22,23,24)/t13-/m0/s1. The van der Waals surface area contributed by atoms with Crippen molar-refractivity contribution in [2.75, 3.05) is 11.9 Å². The Kier molecular flexibility index (Phi) is 6.47. The molecule has 0 bridgehead atoms. The normalized spacial score (nSPS) is 13.6. The van der Waals surface area contributed by atoms with Crippen LogP contribution in [0.4, 0.5) is 5.88 Å². The van der Waals surface area contributed by atoms with E-state index in [1.54, 1.807) is 0 Å². The number of aliphatic hydroxyl groups is 1. The first-order valence-electron chi connectivity index (χ1n) is 9.65. The summed E-state index contributed by atoms with van der Waals surface area (Å²) in [6.45, 7) is 0.206. The number of Topliss-reactive ketones (excluding diaryl/α,β-unsaturated/α-hetero) is 1. The van der Waals surface area contributed by atoms with E-state index in [9.17, 15) is 29.7 Å². The number of fused-ring (bicyclic) bond motifs is 1. The van der Waals surface area contributed by atoms with E-state index in [1.807, 2.05) is 0 Å². The zero-order valence-corrected chi connectivity index (χ0v) is 16.9. The van der Waals surface area contributed by atoms with E-state index in [0.717, 1.165) is 6.08 Å². The Balaban J connectivity index is 2.08. The van der Waals surface area contributed by atoms with Crippen LogP contribution in [0.25, 0.3) is 17.2 Å². The van der Waals surface area contributed by atoms with E-state index >= 15 is 0 Å². The fourth-order valence-electron chi connectivity index (χ4n) is 3.28. The molecule has 11 heteroatoms. The van der Waals surface area contributed by atoms with Crippen LogP contribution in [0.1, 0.15) is 35.4 Å². The number of benzene rings is 1. The lowest BCUT2D eigenvalue weighted by atomic mass is 9.95. The number of carbonyl (C=O) groups is 2. The van der Waals surface area contributed by atoms with Gasteiger partial charge < -0.3 is 36.5 Å². The van der Waals surface area contributed by atoms with Crippen LogP contribution in [-0.2, 0) is 4.79 Å². The number of nitrogens with one attached hydrogen (secondary N) is 1. The van der Waals surface area contributed by atoms with E-state index in [0.29, 0.717) is 12.0 Å². The maximum Gasteiger partial charge on any atom is 0.326 e. The molecule has 32 heavy (non-hydrogen) atoms. The van der Waals surface area contributed by atoms with Gasteiger partial charge in [0.05, 0.1) is 12.0 Å². The first kappa shape index (κ1) is 22.4. The highest BCUT2D eigenvalue weighted by Crippen LogP contribution is 2.32. The van der Waals surface area contributed by atoms with Crippen LogP contribution >= 0.6 is 0 Å². The van der Waals surface area contributed by atoms with Crippen LogP contribution in [0, 0.1) is 0 Å². The number of anilines is 1. The minimum absolute atomic E-state index is 0.0438. The van der Waals surface area contributed by atoms with Crippen molar-refractivity contribution in [1.29, 1.82) is 0 Å². The van der Waals surface area contributed by atoms with Crippen LogP contribution in [0.5, 0.6) is 5.75 Å². The number of hydrogen-bond acceptors (Lipinski definition) is 8. The van der Waals surface area contributed by atoms with Gasteiger partial charge in [-0.25, -0.2) is 4.79 Å². The molecule has 0 saturated heterocycles. The molecule has 1 aliphatic carbocycles. The number of aliphatic hydroxyl groups excluding tert-OH is 1. The molecule has 1 aliphatic rings. The molecule has 1 heterocycles. The van der Waals surface area contributed by atoms with E-state index in [4.69, 9.17) is 15.9 Å². The molecule has 0 saturated carbocycles. The molecule has 0 aliphatic heterocycles. The number of aliphatic carboxylic acids is 1. The molecule has 1 aromatic carbocycles. The van der Waals surface area contributed by atoms with Gasteiger partial charge in [-0.15, -0.1) is 0 Å². The highest BCUT2D eigenvalue weighted by atomic mass is 16.4. The Labute approximate surface area is 181 Å². The first-order chi connectivity index (χ1) is 15.2. The summed E-state index contributed by atoms with van der Waals surface area (Å²) in [5, 5.41) is 31.7. The zero-order valence-electron chi connectivity index (χ0n) is 16.9. The maximum absolute atomic E-state index is 13.2. The lowest BCUT2D eigenvalue weighted by molar-refractivity contribution is -0.138. The van der Waals surface area contributed by atoms with E-state index in [2.05, 4.69) is 10.3 Å². The Bertz CT molecular complexity index is 1160. The van der Waals surface area contributed by atoms with E-state index < -0.39 is 23.2 Å². The van der Waals surface area contributed by atoms with Gasteiger partial charge in [-0.05, 0) is 30.5 Å². The second kappa shape index (κ2) is 9.25. The maximum atomic E-state index is 13.2. The molecule has 0 radical (unpaired) electrons. The SMILES string of the molecule is NC(N)=NCCC[C@H](Nc1oc2c(c(=O)c1-c1ccc(O)cc1)C(=O)CC(O)=C2)C(=O)O. The molecule has 0 amide bonds. The summed E-state index contributed by atoms with van der Waals surface area (Å²) in [7, 11) is 0. The number of carboxylic acids is 1. The summed E-state index contributed by atoms with van der Waals surface area (Å²) in [6.07, 6.45) is 1.23. The second-order valence-electron chi connectivity index (χ2n) is 7.14. The highest BCUT2D eigenvalue weighted by molar-refractivity contribution is 6.03. The molecule has 168 valence electrons. The average molecular weight is 442 g/mol. The molecule has 3 rings (SSSR count). The molecule has 11 nitrogen and oxygen atoms in total. The number of phenols is 1. The monoisotopic (exact) mass is 442 g/mol. The van der Waals surface area contributed by atoms with Gasteiger partial charge in [0.25, 0.3) is 0 Å². The third kappa shape index (κ3) is 4.89. The number of nitrogens with two attached hydrogens (primary N) is 2. The molecular formula is C21H22N4O7. The smallest absolute Gasteiger partial charge is 0.326 e. The van der Waals surface area contributed by atoms with Crippen LogP contribution in [0.3, 0.4) is 0 Å². The number of phenolic OH excluding ortho intramolecular Hbond substituents is 1. The molecule has 0 spiro atoms. The number of aromatic hydroxyl groups is 1. The molecule has 2 aromatic rings. The van der Waals surface area contributed by atoms with Gasteiger partial charge in [0.15, 0.2) is 11.7 Å². The topological polar surface area (TPSA) is 201 Å². The Hall–Kier alpha value is -4.28. The molecule has 0 fully saturated rings. The van der Waals surface area contributed by atoms with Gasteiger partial charge in [-0.3, -0.25) is 14.6 Å². The van der Waals surface area contributed by atoms with E-state index in [1.165, 1.54) is 24.3 Å². The Morgan fingerprint density at radius 3 is 2.47 bits per heavy atom. The molecule has 8 N–H and O–H groups in total. The molecule has 0 unspecified atom stereocenters. The lowest BCUT2D eigenvalue weighted by Gasteiger charge is -2.20. The molecule has 1 aromatic heterocycles. The van der Waals surface area contributed by atoms with Gasteiger partial charge in [-0.2, -0.15) is 0 Å². The first-order valence-corrected chi connectivity index (χ1v) is 9.65. The van der Waals surface area contributed by atoms with Crippen molar-refractivity contribution >= 4 is 29.7 Å². The summed E-state index contributed by atoms with van der Waals surface area (Å²) in [5.74, 6) is -2.62. The fraction of sp³-hybridized carbons (Fsp3) is 0.238. The lowest BCUT2D eigenvalue weighted by Crippen LogP contribution is -2.31. The van der Waals surface area contributed by atoms with Crippen molar-refractivity contribution in [3.8, 4) is 16.9 Å². The Morgan fingerprint density at radius 2 is 1.84 bits per heavy atom. The van der Waals surface area contributed by atoms with Gasteiger partial charge >= 0.3 is 5.97 Å². The van der Waals surface area contributed by atoms with Crippen molar-refractivity contribution in [2.24, 2.45) is 16.5 Å². The number of carboxylic acid groups (broad SMARTS) is 1. The van der Waals surface area contributed by atoms with Gasteiger partial charge in [-0.1, -0.05) is 12.1 Å². The van der Waals surface area contributed by atoms with Crippen molar-refractivity contribution in [3.63, 3.8) is 0 Å². The number of hydrogen-bond donors (Lipinski definition) is 6. The Morgan fingerprint density at radius 1 is 1.16 bits per heavy atom. The summed E-state index contributed by atoms with van der Waals surface area (Å²) in [5.41, 5.74) is 9.85. The minimum atomic E-state index is -1.21. The number of carbonyl (C=O) groups excluding carboxylic acids is 1. The van der Waals surface area contributed by atoms with E-state index in [-0.39, 0.29) is 59.6 Å². The average Bonchev–Trinajstić information content (AvgIpc) is 2.70. The van der Waals surface area contributed by atoms with Crippen molar-refractivity contribution < 1.29 is 29.3 Å². The van der Waals surface area contributed by atoms with Gasteiger partial charge in [0.2, 0.25) is 11.3 Å². The van der Waals surface area contributed by atoms with Crippen LogP contribution < -0.4 is 22.2 Å². The van der Waals surface area contributed by atoms with Crippen molar-refractivity contribution in [1.82, 2.24) is 0 Å². The summed E-state index contributed by atoms with van der Waals surface area (Å²) in [6, 6.07) is 4.39. The molecule has 1 atom stereocenters. The fourth-order valence-corrected chi connectivity index (χ4v) is 3.28. The van der Waals surface area contributed by atoms with Gasteiger partial charge in [0, 0.05) is 12.6 Å². The number of guanidine groups is 1. The number of allylic oxidation sites excluding steroid dienone is 1. The van der Waals surface area contributed by atoms with Crippen LogP contribution in [0.15, 0.2) is 44.2 Å². The summed E-state index contributed by atoms with van der Waals surface area (Å²) < 4.78 is 5.70. The highest BCUT2D eigenvalue weighted by Gasteiger charge is 2.30. The predicted molar refractivity (Wildman–Crippen MR) is 117 cm³/mol. The zero-order chi connectivity index (χ0) is 23.4. The van der Waals surface area contributed by atoms with Gasteiger partial charge in [0.1, 0.15) is 28.9 Å². The number of nitrogens with zero attached hydrogens (tertiary/aromatic N) is 1. The quantitative estimate of drug-likeness (QED) is 0.197. The number of aliphatic imine (C=N–C) groups is 1. The predicted octanol–water partition coefficient (Wildman–Crippen LogP) is 1.42. The molecular weight excluding hydrogens is 420 g/mol. The number of rotatable bonds is 8. The van der Waals surface area contributed by atoms with Crippen molar-refractivity contribution in [3.05, 3.63) is 51.6 Å². The second-order valence-corrected chi connectivity index (χ2v) is 7.14. The van der Waals surface area contributed by atoms with Crippen LogP contribution in [-0.4, -0.2) is 45.6 Å². The number of ketones is 1. The summed E-state index contributed by atoms with van der Waals surface area (Å²) >= 11 is 0. The third-order valence-electron chi connectivity index (χ3n) is 4.76. The summed E-state index contributed by atoms with van der Waals surface area (Å²) in [4.78, 5) is 41.2. The minimum Gasteiger partial charge on any atom is -0.512 e. The van der Waals surface area contributed by atoms with Crippen LogP contribution in [0.2, 0.25) is 0 Å².